The van der Waals surface area contributed by atoms with Gasteiger partial charge < -0.3 is 10.1 Å². The quantitative estimate of drug-likeness (QED) is 0.873. The molecule has 0 radical (unpaired) electrons. The van der Waals surface area contributed by atoms with Gasteiger partial charge in [0, 0.05) is 25.7 Å². The van der Waals surface area contributed by atoms with Gasteiger partial charge in [-0.25, -0.2) is 4.39 Å². The topological polar surface area (TPSA) is 24.5 Å². The Bertz CT molecular complexity index is 413. The van der Waals surface area contributed by atoms with Crippen molar-refractivity contribution < 1.29 is 9.13 Å². The molecule has 1 saturated heterocycles. The van der Waals surface area contributed by atoms with Crippen LogP contribution in [-0.4, -0.2) is 43.3 Å². The van der Waals surface area contributed by atoms with Crippen molar-refractivity contribution in [3.63, 3.8) is 0 Å². The Morgan fingerprint density at radius 2 is 1.86 bits per heavy atom. The number of hydrogen-bond donors (Lipinski definition) is 1. The van der Waals surface area contributed by atoms with Crippen LogP contribution in [0.1, 0.15) is 38.8 Å². The highest BCUT2D eigenvalue weighted by Gasteiger charge is 2.22. The van der Waals surface area contributed by atoms with Gasteiger partial charge in [0.2, 0.25) is 0 Å². The van der Waals surface area contributed by atoms with Crippen LogP contribution in [0.25, 0.3) is 0 Å². The Morgan fingerprint density at radius 1 is 1.24 bits per heavy atom. The Hall–Kier alpha value is -0.970. The summed E-state index contributed by atoms with van der Waals surface area (Å²) in [5.74, 6) is -0.176. The third kappa shape index (κ3) is 5.06. The maximum absolute atomic E-state index is 13.1. The number of halogens is 1. The highest BCUT2D eigenvalue weighted by Crippen LogP contribution is 2.19. The number of ether oxygens (including phenoxy) is 1. The summed E-state index contributed by atoms with van der Waals surface area (Å²) < 4.78 is 18.8. The molecule has 1 aliphatic rings. The zero-order valence-corrected chi connectivity index (χ0v) is 13.3. The maximum Gasteiger partial charge on any atom is 0.123 e. The number of morpholine rings is 1. The Kier molecular flexibility index (Phi) is 6.15. The van der Waals surface area contributed by atoms with Crippen molar-refractivity contribution in [2.75, 3.05) is 26.2 Å². The molecule has 2 rings (SSSR count). The van der Waals surface area contributed by atoms with E-state index in [4.69, 9.17) is 4.74 Å². The van der Waals surface area contributed by atoms with Crippen molar-refractivity contribution in [3.8, 4) is 0 Å². The highest BCUT2D eigenvalue weighted by atomic mass is 19.1. The summed E-state index contributed by atoms with van der Waals surface area (Å²) >= 11 is 0. The summed E-state index contributed by atoms with van der Waals surface area (Å²) in [5.41, 5.74) is 1.16. The van der Waals surface area contributed by atoms with Gasteiger partial charge in [-0.2, -0.15) is 0 Å². The SMILES string of the molecule is CCNC(CCN1CC(C)OC(C)C1)c1ccc(F)cc1. The lowest BCUT2D eigenvalue weighted by atomic mass is 10.0. The van der Waals surface area contributed by atoms with Crippen LogP contribution >= 0.6 is 0 Å². The predicted octanol–water partition coefficient (Wildman–Crippen LogP) is 2.98. The van der Waals surface area contributed by atoms with Gasteiger partial charge in [-0.15, -0.1) is 0 Å². The van der Waals surface area contributed by atoms with E-state index in [9.17, 15) is 4.39 Å². The van der Waals surface area contributed by atoms with Gasteiger partial charge in [-0.1, -0.05) is 19.1 Å². The monoisotopic (exact) mass is 294 g/mol. The second-order valence-corrected chi connectivity index (χ2v) is 5.97. The Morgan fingerprint density at radius 3 is 2.43 bits per heavy atom. The minimum absolute atomic E-state index is 0.176. The van der Waals surface area contributed by atoms with Crippen molar-refractivity contribution in [2.45, 2.75) is 45.4 Å². The molecule has 1 aromatic carbocycles. The zero-order valence-electron chi connectivity index (χ0n) is 13.3. The molecule has 1 fully saturated rings. The number of hydrogen-bond acceptors (Lipinski definition) is 3. The first-order valence-electron chi connectivity index (χ1n) is 7.95. The second kappa shape index (κ2) is 7.87. The summed E-state index contributed by atoms with van der Waals surface area (Å²) in [4.78, 5) is 2.46. The van der Waals surface area contributed by atoms with E-state index in [-0.39, 0.29) is 11.9 Å². The van der Waals surface area contributed by atoms with Crippen molar-refractivity contribution in [1.82, 2.24) is 10.2 Å². The molecule has 4 heteroatoms. The predicted molar refractivity (Wildman–Crippen MR) is 83.9 cm³/mol. The van der Waals surface area contributed by atoms with Crippen LogP contribution in [0.15, 0.2) is 24.3 Å². The molecule has 0 spiro atoms. The fraction of sp³-hybridized carbons (Fsp3) is 0.647. The molecule has 1 N–H and O–H groups in total. The molecule has 0 aromatic heterocycles. The molecule has 0 bridgehead atoms. The van der Waals surface area contributed by atoms with E-state index in [1.807, 2.05) is 12.1 Å². The first kappa shape index (κ1) is 16.4. The maximum atomic E-state index is 13.1. The Balaban J connectivity index is 1.92. The molecule has 21 heavy (non-hydrogen) atoms. The molecule has 0 aliphatic carbocycles. The third-order valence-corrected chi connectivity index (χ3v) is 3.95. The van der Waals surface area contributed by atoms with E-state index in [1.54, 1.807) is 12.1 Å². The molecular formula is C17H27FN2O. The van der Waals surface area contributed by atoms with Crippen LogP contribution < -0.4 is 5.32 Å². The van der Waals surface area contributed by atoms with Crippen LogP contribution in [0.3, 0.4) is 0 Å². The molecule has 0 amide bonds. The van der Waals surface area contributed by atoms with Gasteiger partial charge in [0.05, 0.1) is 12.2 Å². The molecule has 3 nitrogen and oxygen atoms in total. The third-order valence-electron chi connectivity index (χ3n) is 3.95. The first-order chi connectivity index (χ1) is 10.1. The van der Waals surface area contributed by atoms with Crippen LogP contribution in [0, 0.1) is 5.82 Å². The van der Waals surface area contributed by atoms with Crippen molar-refractivity contribution in [3.05, 3.63) is 35.6 Å². The largest absolute Gasteiger partial charge is 0.373 e. The van der Waals surface area contributed by atoms with Crippen molar-refractivity contribution >= 4 is 0 Å². The second-order valence-electron chi connectivity index (χ2n) is 5.97. The Labute approximate surface area is 127 Å². The van der Waals surface area contributed by atoms with Gasteiger partial charge in [-0.3, -0.25) is 4.90 Å². The van der Waals surface area contributed by atoms with Gasteiger partial charge in [0.25, 0.3) is 0 Å². The summed E-state index contributed by atoms with van der Waals surface area (Å²) in [6.45, 7) is 10.3. The van der Waals surface area contributed by atoms with E-state index >= 15 is 0 Å². The van der Waals surface area contributed by atoms with Gasteiger partial charge in [0.15, 0.2) is 0 Å². The summed E-state index contributed by atoms with van der Waals surface area (Å²) in [6, 6.07) is 7.13. The highest BCUT2D eigenvalue weighted by molar-refractivity contribution is 5.20. The lowest BCUT2D eigenvalue weighted by molar-refractivity contribution is -0.0685. The molecule has 1 aliphatic heterocycles. The van der Waals surface area contributed by atoms with Gasteiger partial charge >= 0.3 is 0 Å². The molecule has 3 atom stereocenters. The fourth-order valence-corrected chi connectivity index (χ4v) is 3.11. The summed E-state index contributed by atoms with van der Waals surface area (Å²) in [5, 5.41) is 3.50. The fourth-order valence-electron chi connectivity index (χ4n) is 3.11. The van der Waals surface area contributed by atoms with E-state index in [0.717, 1.165) is 38.2 Å². The van der Waals surface area contributed by atoms with Crippen LogP contribution in [0.2, 0.25) is 0 Å². The number of benzene rings is 1. The van der Waals surface area contributed by atoms with E-state index in [0.29, 0.717) is 12.2 Å². The van der Waals surface area contributed by atoms with E-state index < -0.39 is 0 Å². The first-order valence-corrected chi connectivity index (χ1v) is 7.95. The lowest BCUT2D eigenvalue weighted by Gasteiger charge is -2.36. The van der Waals surface area contributed by atoms with Crippen molar-refractivity contribution in [2.24, 2.45) is 0 Å². The number of nitrogens with zero attached hydrogens (tertiary/aromatic N) is 1. The van der Waals surface area contributed by atoms with Crippen LogP contribution in [0.5, 0.6) is 0 Å². The smallest absolute Gasteiger partial charge is 0.123 e. The normalized spacial score (nSPS) is 25.0. The summed E-state index contributed by atoms with van der Waals surface area (Å²) in [7, 11) is 0. The van der Waals surface area contributed by atoms with Gasteiger partial charge in [-0.05, 0) is 44.5 Å². The van der Waals surface area contributed by atoms with E-state index in [2.05, 4.69) is 31.0 Å². The number of nitrogens with one attached hydrogen (secondary N) is 1. The molecule has 0 saturated carbocycles. The molecule has 1 heterocycles. The standard InChI is InChI=1S/C17H27FN2O/c1-4-19-17(15-5-7-16(18)8-6-15)9-10-20-11-13(2)21-14(3)12-20/h5-8,13-14,17,19H,4,9-12H2,1-3H3. The van der Waals surface area contributed by atoms with Crippen molar-refractivity contribution in [1.29, 1.82) is 0 Å². The zero-order chi connectivity index (χ0) is 15.2. The van der Waals surface area contributed by atoms with Crippen LogP contribution in [-0.2, 0) is 4.74 Å². The van der Waals surface area contributed by atoms with Crippen LogP contribution in [0.4, 0.5) is 4.39 Å². The van der Waals surface area contributed by atoms with Gasteiger partial charge in [0.1, 0.15) is 5.82 Å². The lowest BCUT2D eigenvalue weighted by Crippen LogP contribution is -2.46. The summed E-state index contributed by atoms with van der Waals surface area (Å²) in [6.07, 6.45) is 1.63. The average Bonchev–Trinajstić information content (AvgIpc) is 2.43. The number of rotatable bonds is 6. The molecular weight excluding hydrogens is 267 g/mol. The molecule has 118 valence electrons. The average molecular weight is 294 g/mol. The minimum atomic E-state index is -0.176. The molecule has 1 aromatic rings. The minimum Gasteiger partial charge on any atom is -0.373 e. The molecule has 3 unspecified atom stereocenters. The van der Waals surface area contributed by atoms with E-state index in [1.165, 1.54) is 0 Å².